The fourth-order valence-electron chi connectivity index (χ4n) is 4.08. The van der Waals surface area contributed by atoms with Crippen LogP contribution in [0.1, 0.15) is 43.0 Å². The molecule has 0 heterocycles. The lowest BCUT2D eigenvalue weighted by Crippen LogP contribution is -1.99. The molecule has 2 nitrogen and oxygen atoms in total. The van der Waals surface area contributed by atoms with E-state index in [9.17, 15) is 17.6 Å². The molecule has 0 amide bonds. The van der Waals surface area contributed by atoms with Crippen molar-refractivity contribution in [2.75, 3.05) is 6.16 Å². The van der Waals surface area contributed by atoms with Gasteiger partial charge in [0.2, 0.25) is 0 Å². The summed E-state index contributed by atoms with van der Waals surface area (Å²) in [6.45, 7) is 3.87. The van der Waals surface area contributed by atoms with Crippen molar-refractivity contribution in [2.24, 2.45) is 0 Å². The van der Waals surface area contributed by atoms with Crippen LogP contribution in [0, 0.1) is 23.3 Å². The summed E-state index contributed by atoms with van der Waals surface area (Å²) >= 11 is 0. The van der Waals surface area contributed by atoms with E-state index in [2.05, 4.69) is 0 Å². The molecule has 4 aromatic rings. The van der Waals surface area contributed by atoms with Crippen LogP contribution in [-0.4, -0.2) is 6.16 Å². The number of rotatable bonds is 11. The third kappa shape index (κ3) is 7.34. The van der Waals surface area contributed by atoms with Crippen LogP contribution in [0.5, 0.6) is 11.5 Å². The first-order valence-electron chi connectivity index (χ1n) is 12.3. The van der Waals surface area contributed by atoms with Crippen molar-refractivity contribution in [1.29, 1.82) is 0 Å². The van der Waals surface area contributed by atoms with E-state index < -0.39 is 23.3 Å². The normalized spacial score (nSPS) is 13.3. The van der Waals surface area contributed by atoms with Gasteiger partial charge >= 0.3 is 0 Å². The van der Waals surface area contributed by atoms with Gasteiger partial charge in [-0.25, -0.2) is 17.6 Å². The molecule has 0 N–H and O–H groups in total. The quantitative estimate of drug-likeness (QED) is 0.135. The Morgan fingerprint density at radius 1 is 0.658 bits per heavy atom. The summed E-state index contributed by atoms with van der Waals surface area (Å²) in [5.41, 5.74) is 2.68. The third-order valence-electron chi connectivity index (χ3n) is 6.10. The zero-order chi connectivity index (χ0) is 27.1. The van der Waals surface area contributed by atoms with E-state index in [-0.39, 0.29) is 29.2 Å². The standard InChI is InChI=1S/C30H28F4O2P2/c1-3-30(21-14-24(33)17-25(34)15-21)38-36-29-11-7-5-9-27(29)26-8-4-6-10-28(26)35-37-18-19(2)20-12-22(31)16-23(32)13-20/h4-17,19,30,37-38H,3,18H2,1-2H3. The molecule has 8 heteroatoms. The Kier molecular flexibility index (Phi) is 9.77. The van der Waals surface area contributed by atoms with Crippen molar-refractivity contribution in [3.05, 3.63) is 119 Å². The maximum Gasteiger partial charge on any atom is 0.130 e. The van der Waals surface area contributed by atoms with Crippen LogP contribution < -0.4 is 9.05 Å². The predicted molar refractivity (Wildman–Crippen MR) is 149 cm³/mol. The first kappa shape index (κ1) is 28.1. The molecule has 198 valence electrons. The molecule has 0 aliphatic carbocycles. The third-order valence-corrected chi connectivity index (χ3v) is 8.60. The molecule has 4 rings (SSSR count). The van der Waals surface area contributed by atoms with Gasteiger partial charge in [0.25, 0.3) is 0 Å². The minimum Gasteiger partial charge on any atom is -0.477 e. The van der Waals surface area contributed by atoms with E-state index in [1.54, 1.807) is 0 Å². The Morgan fingerprint density at radius 3 is 1.66 bits per heavy atom. The van der Waals surface area contributed by atoms with E-state index in [0.29, 0.717) is 35.2 Å². The Balaban J connectivity index is 1.48. The number of halogens is 4. The van der Waals surface area contributed by atoms with Crippen molar-refractivity contribution in [3.63, 3.8) is 0 Å². The smallest absolute Gasteiger partial charge is 0.130 e. The average Bonchev–Trinajstić information content (AvgIpc) is 2.88. The van der Waals surface area contributed by atoms with E-state index in [4.69, 9.17) is 9.05 Å². The lowest BCUT2D eigenvalue weighted by molar-refractivity contribution is 0.575. The van der Waals surface area contributed by atoms with Gasteiger partial charge in [-0.3, -0.25) is 0 Å². The fourth-order valence-corrected chi connectivity index (χ4v) is 5.90. The molecular weight excluding hydrogens is 530 g/mol. The highest BCUT2D eigenvalue weighted by Gasteiger charge is 2.17. The second kappa shape index (κ2) is 13.2. The molecule has 0 aliphatic heterocycles. The second-order valence-electron chi connectivity index (χ2n) is 8.93. The first-order valence-corrected chi connectivity index (χ1v) is 14.4. The van der Waals surface area contributed by atoms with E-state index in [0.717, 1.165) is 23.3 Å². The summed E-state index contributed by atoms with van der Waals surface area (Å²) in [5, 5.41) is 0. The minimum atomic E-state index is -0.604. The maximum atomic E-state index is 13.8. The fraction of sp³-hybridized carbons (Fsp3) is 0.200. The van der Waals surface area contributed by atoms with Crippen molar-refractivity contribution in [3.8, 4) is 22.6 Å². The Morgan fingerprint density at radius 2 is 1.13 bits per heavy atom. The lowest BCUT2D eigenvalue weighted by Gasteiger charge is -2.19. The van der Waals surface area contributed by atoms with E-state index in [1.807, 2.05) is 62.4 Å². The monoisotopic (exact) mass is 558 g/mol. The van der Waals surface area contributed by atoms with E-state index in [1.165, 1.54) is 24.3 Å². The molecule has 0 saturated heterocycles. The van der Waals surface area contributed by atoms with Crippen molar-refractivity contribution in [1.82, 2.24) is 0 Å². The molecule has 4 unspecified atom stereocenters. The van der Waals surface area contributed by atoms with Crippen LogP contribution in [0.4, 0.5) is 17.6 Å². The van der Waals surface area contributed by atoms with Gasteiger partial charge < -0.3 is 9.05 Å². The van der Waals surface area contributed by atoms with Gasteiger partial charge in [0, 0.05) is 35.1 Å². The molecule has 0 aliphatic rings. The van der Waals surface area contributed by atoms with Gasteiger partial charge in [-0.15, -0.1) is 0 Å². The summed E-state index contributed by atoms with van der Waals surface area (Å²) in [7, 11) is 0.0221. The average molecular weight is 558 g/mol. The van der Waals surface area contributed by atoms with Crippen LogP contribution in [-0.2, 0) is 0 Å². The van der Waals surface area contributed by atoms with E-state index >= 15 is 0 Å². The van der Waals surface area contributed by atoms with Crippen LogP contribution in [0.25, 0.3) is 11.1 Å². The summed E-state index contributed by atoms with van der Waals surface area (Å²) in [6, 6.07) is 22.3. The summed E-state index contributed by atoms with van der Waals surface area (Å²) in [5.74, 6) is -1.16. The molecule has 4 aromatic carbocycles. The Bertz CT molecular complexity index is 1340. The molecule has 0 saturated carbocycles. The Labute approximate surface area is 224 Å². The zero-order valence-corrected chi connectivity index (χ0v) is 23.0. The van der Waals surface area contributed by atoms with Crippen molar-refractivity contribution >= 4 is 17.6 Å². The van der Waals surface area contributed by atoms with Crippen LogP contribution in [0.15, 0.2) is 84.9 Å². The van der Waals surface area contributed by atoms with Gasteiger partial charge in [0.1, 0.15) is 34.8 Å². The predicted octanol–water partition coefficient (Wildman–Crippen LogP) is 9.81. The first-order chi connectivity index (χ1) is 18.3. The van der Waals surface area contributed by atoms with Crippen LogP contribution >= 0.6 is 17.6 Å². The van der Waals surface area contributed by atoms with Gasteiger partial charge in [-0.1, -0.05) is 50.2 Å². The second-order valence-corrected chi connectivity index (χ2v) is 11.0. The number of hydrogen-bond acceptors (Lipinski definition) is 2. The minimum absolute atomic E-state index is 0.0455. The van der Waals surface area contributed by atoms with Gasteiger partial charge in [0.05, 0.1) is 17.6 Å². The molecule has 0 spiro atoms. The Hall–Kier alpha value is -2.94. The van der Waals surface area contributed by atoms with Crippen molar-refractivity contribution < 1.29 is 26.6 Å². The molecule has 0 aromatic heterocycles. The SMILES string of the molecule is CCC(POc1ccccc1-c1ccccc1OPCC(C)c1cc(F)cc(F)c1)c1cc(F)cc(F)c1. The molecule has 0 radical (unpaired) electrons. The topological polar surface area (TPSA) is 18.5 Å². The highest BCUT2D eigenvalue weighted by molar-refractivity contribution is 7.33. The van der Waals surface area contributed by atoms with Gasteiger partial charge in [-0.05, 0) is 59.9 Å². The summed E-state index contributed by atoms with van der Waals surface area (Å²) < 4.78 is 67.1. The molecule has 0 bridgehead atoms. The van der Waals surface area contributed by atoms with Crippen LogP contribution in [0.3, 0.4) is 0 Å². The maximum absolute atomic E-state index is 13.8. The number of benzene rings is 4. The van der Waals surface area contributed by atoms with Gasteiger partial charge in [0.15, 0.2) is 0 Å². The zero-order valence-electron chi connectivity index (χ0n) is 21.0. The summed E-state index contributed by atoms with van der Waals surface area (Å²) in [4.78, 5) is 0. The summed E-state index contributed by atoms with van der Waals surface area (Å²) in [6.07, 6.45) is 1.26. The number of para-hydroxylation sites is 2. The molecule has 38 heavy (non-hydrogen) atoms. The molecular formula is C30H28F4O2P2. The van der Waals surface area contributed by atoms with Crippen LogP contribution in [0.2, 0.25) is 0 Å². The largest absolute Gasteiger partial charge is 0.477 e. The molecule has 4 atom stereocenters. The highest BCUT2D eigenvalue weighted by Crippen LogP contribution is 2.44. The molecule has 0 fully saturated rings. The van der Waals surface area contributed by atoms with Gasteiger partial charge in [-0.2, -0.15) is 0 Å². The lowest BCUT2D eigenvalue weighted by atomic mass is 10.0. The van der Waals surface area contributed by atoms with Crippen molar-refractivity contribution in [2.45, 2.75) is 31.8 Å². The number of hydrogen-bond donors (Lipinski definition) is 0. The highest BCUT2D eigenvalue weighted by atomic mass is 31.1.